The van der Waals surface area contributed by atoms with E-state index in [1.165, 1.54) is 0 Å². The van der Waals surface area contributed by atoms with Crippen LogP contribution in [0.2, 0.25) is 0 Å². The van der Waals surface area contributed by atoms with Gasteiger partial charge in [0.25, 0.3) is 0 Å². The number of hydrogen-bond acceptors (Lipinski definition) is 5. The molecule has 0 radical (unpaired) electrons. The highest BCUT2D eigenvalue weighted by Crippen LogP contribution is 2.30. The second-order valence-corrected chi connectivity index (χ2v) is 7.90. The quantitative estimate of drug-likeness (QED) is 0.323. The smallest absolute Gasteiger partial charge is 0.119 e. The van der Waals surface area contributed by atoms with Crippen LogP contribution in [0, 0.1) is 17.2 Å². The van der Waals surface area contributed by atoms with Crippen molar-refractivity contribution in [3.63, 3.8) is 0 Å². The number of methoxy groups -OCH3 is 1. The van der Waals surface area contributed by atoms with Gasteiger partial charge in [-0.15, -0.1) is 0 Å². The Morgan fingerprint density at radius 2 is 2.00 bits per heavy atom. The molecule has 2 rings (SSSR count). The van der Waals surface area contributed by atoms with E-state index in [1.54, 1.807) is 13.2 Å². The SMILES string of the molecule is C=C1CC(C)C=C(NO)/C1=C/C(=N)c1cccc(OCCCOC)c1.CC(C)C.O. The Hall–Kier alpha value is -2.41. The minimum Gasteiger partial charge on any atom is -0.493 e. The van der Waals surface area contributed by atoms with Crippen LogP contribution >= 0.6 is 0 Å². The maximum Gasteiger partial charge on any atom is 0.119 e. The van der Waals surface area contributed by atoms with Crippen LogP contribution in [0.25, 0.3) is 0 Å². The highest BCUT2D eigenvalue weighted by atomic mass is 16.5. The summed E-state index contributed by atoms with van der Waals surface area (Å²) in [6.45, 7) is 13.9. The molecule has 1 aromatic carbocycles. The maximum absolute atomic E-state index is 9.36. The second kappa shape index (κ2) is 14.6. The standard InChI is InChI=1S/C20H26N2O3.C4H10.H2O/c1-14-10-15(2)18(20(11-14)22-23)13-19(21)16-6-4-7-17(12-16)25-9-5-8-24-3;1-4(2)3;/h4,6-7,11-14,21-23H,2,5,8-10H2,1,3H3;4H,1-3H3;1H2/b18-13+,21-19?;;. The van der Waals surface area contributed by atoms with Crippen LogP contribution in [-0.2, 0) is 4.74 Å². The van der Waals surface area contributed by atoms with E-state index in [-0.39, 0.29) is 5.48 Å². The zero-order chi connectivity index (χ0) is 21.8. The topological polar surface area (TPSA) is 106 Å². The molecule has 0 saturated carbocycles. The molecule has 1 aliphatic carbocycles. The van der Waals surface area contributed by atoms with Gasteiger partial charge in [-0.25, -0.2) is 0 Å². The number of nitrogens with one attached hydrogen (secondary N) is 2. The maximum atomic E-state index is 9.36. The van der Waals surface area contributed by atoms with Gasteiger partial charge in [0, 0.05) is 31.3 Å². The third-order valence-corrected chi connectivity index (χ3v) is 4.01. The van der Waals surface area contributed by atoms with Crippen LogP contribution in [0.5, 0.6) is 5.75 Å². The molecule has 0 fully saturated rings. The fourth-order valence-electron chi connectivity index (χ4n) is 2.77. The number of allylic oxidation sites excluding steroid dienone is 3. The molecular formula is C24H38N2O4. The lowest BCUT2D eigenvalue weighted by Gasteiger charge is -2.22. The van der Waals surface area contributed by atoms with E-state index in [1.807, 2.05) is 30.3 Å². The molecule has 1 unspecified atom stereocenters. The summed E-state index contributed by atoms with van der Waals surface area (Å²) in [5.74, 6) is 1.86. The Kier molecular flexibility index (Phi) is 13.4. The van der Waals surface area contributed by atoms with Gasteiger partial charge in [-0.1, -0.05) is 52.5 Å². The second-order valence-electron chi connectivity index (χ2n) is 7.90. The molecule has 1 aliphatic rings. The van der Waals surface area contributed by atoms with Crippen molar-refractivity contribution < 1.29 is 20.2 Å². The van der Waals surface area contributed by atoms with Crippen molar-refractivity contribution in [2.24, 2.45) is 11.8 Å². The van der Waals surface area contributed by atoms with Crippen molar-refractivity contribution >= 4 is 5.71 Å². The number of rotatable bonds is 8. The zero-order valence-electron chi connectivity index (χ0n) is 18.9. The summed E-state index contributed by atoms with van der Waals surface area (Å²) in [4.78, 5) is 0. The van der Waals surface area contributed by atoms with Crippen LogP contribution in [-0.4, -0.2) is 36.7 Å². The highest BCUT2D eigenvalue weighted by molar-refractivity contribution is 6.07. The summed E-state index contributed by atoms with van der Waals surface area (Å²) in [5.41, 5.74) is 5.58. The van der Waals surface area contributed by atoms with Gasteiger partial charge in [-0.3, -0.25) is 10.7 Å². The number of hydroxylamine groups is 1. The molecule has 0 heterocycles. The summed E-state index contributed by atoms with van der Waals surface area (Å²) >= 11 is 0. The van der Waals surface area contributed by atoms with Gasteiger partial charge >= 0.3 is 0 Å². The molecular weight excluding hydrogens is 380 g/mol. The van der Waals surface area contributed by atoms with Crippen molar-refractivity contribution in [1.82, 2.24) is 5.48 Å². The largest absolute Gasteiger partial charge is 0.493 e. The first kappa shape index (κ1) is 27.6. The number of benzene rings is 1. The minimum atomic E-state index is 0. The van der Waals surface area contributed by atoms with Gasteiger partial charge in [0.1, 0.15) is 5.75 Å². The van der Waals surface area contributed by atoms with Crippen molar-refractivity contribution in [1.29, 1.82) is 5.41 Å². The van der Waals surface area contributed by atoms with E-state index in [0.717, 1.165) is 41.2 Å². The van der Waals surface area contributed by atoms with E-state index in [2.05, 4.69) is 39.8 Å². The molecule has 0 saturated heterocycles. The van der Waals surface area contributed by atoms with Crippen LogP contribution in [0.3, 0.4) is 0 Å². The fraction of sp³-hybridized carbons (Fsp3) is 0.458. The number of ether oxygens (including phenoxy) is 2. The molecule has 6 heteroatoms. The lowest BCUT2D eigenvalue weighted by atomic mass is 9.86. The molecule has 0 spiro atoms. The van der Waals surface area contributed by atoms with Crippen LogP contribution < -0.4 is 10.2 Å². The normalized spacial score (nSPS) is 16.9. The molecule has 1 aromatic rings. The van der Waals surface area contributed by atoms with Gasteiger partial charge in [0.15, 0.2) is 0 Å². The molecule has 0 aliphatic heterocycles. The van der Waals surface area contributed by atoms with E-state index < -0.39 is 0 Å². The monoisotopic (exact) mass is 418 g/mol. The lowest BCUT2D eigenvalue weighted by molar-refractivity contribution is 0.172. The van der Waals surface area contributed by atoms with E-state index >= 15 is 0 Å². The van der Waals surface area contributed by atoms with E-state index in [4.69, 9.17) is 14.9 Å². The van der Waals surface area contributed by atoms with Crippen molar-refractivity contribution in [2.45, 2.75) is 40.5 Å². The molecule has 168 valence electrons. The summed E-state index contributed by atoms with van der Waals surface area (Å²) in [6, 6.07) is 7.45. The highest BCUT2D eigenvalue weighted by Gasteiger charge is 2.18. The first-order chi connectivity index (χ1) is 13.8. The first-order valence-corrected chi connectivity index (χ1v) is 10.1. The van der Waals surface area contributed by atoms with Gasteiger partial charge < -0.3 is 20.4 Å². The molecule has 6 nitrogen and oxygen atoms in total. The van der Waals surface area contributed by atoms with Crippen molar-refractivity contribution in [3.05, 3.63) is 65.4 Å². The Labute approximate surface area is 181 Å². The Morgan fingerprint density at radius 1 is 1.33 bits per heavy atom. The Morgan fingerprint density at radius 3 is 2.60 bits per heavy atom. The molecule has 0 amide bonds. The van der Waals surface area contributed by atoms with E-state index in [0.29, 0.717) is 30.5 Å². The van der Waals surface area contributed by atoms with Crippen LogP contribution in [0.15, 0.2) is 59.8 Å². The summed E-state index contributed by atoms with van der Waals surface area (Å²) in [5, 5.41) is 17.7. The Balaban J connectivity index is 0.00000154. The van der Waals surface area contributed by atoms with Crippen LogP contribution in [0.1, 0.15) is 46.1 Å². The van der Waals surface area contributed by atoms with Crippen molar-refractivity contribution in [2.75, 3.05) is 20.3 Å². The lowest BCUT2D eigenvalue weighted by Crippen LogP contribution is -2.18. The zero-order valence-corrected chi connectivity index (χ0v) is 18.9. The predicted molar refractivity (Wildman–Crippen MR) is 123 cm³/mol. The third kappa shape index (κ3) is 9.87. The summed E-state index contributed by atoms with van der Waals surface area (Å²) in [6.07, 6.45) is 5.31. The predicted octanol–water partition coefficient (Wildman–Crippen LogP) is 4.69. The van der Waals surface area contributed by atoms with Gasteiger partial charge in [-0.2, -0.15) is 0 Å². The number of hydrogen-bond donors (Lipinski definition) is 3. The van der Waals surface area contributed by atoms with Gasteiger partial charge in [-0.05, 0) is 42.0 Å². The minimum absolute atomic E-state index is 0. The fourth-order valence-corrected chi connectivity index (χ4v) is 2.77. The molecule has 30 heavy (non-hydrogen) atoms. The first-order valence-electron chi connectivity index (χ1n) is 10.1. The van der Waals surface area contributed by atoms with Gasteiger partial charge in [0.05, 0.1) is 18.0 Å². The van der Waals surface area contributed by atoms with Crippen LogP contribution in [0.4, 0.5) is 0 Å². The Bertz CT molecular complexity index is 736. The average molecular weight is 419 g/mol. The van der Waals surface area contributed by atoms with Gasteiger partial charge in [0.2, 0.25) is 0 Å². The summed E-state index contributed by atoms with van der Waals surface area (Å²) in [7, 11) is 1.67. The van der Waals surface area contributed by atoms with Crippen molar-refractivity contribution in [3.8, 4) is 5.75 Å². The molecule has 1 atom stereocenters. The summed E-state index contributed by atoms with van der Waals surface area (Å²) < 4.78 is 10.7. The van der Waals surface area contributed by atoms with E-state index in [9.17, 15) is 5.21 Å². The molecule has 0 bridgehead atoms. The molecule has 5 N–H and O–H groups in total. The molecule has 0 aromatic heterocycles. The average Bonchev–Trinajstić information content (AvgIpc) is 2.66. The third-order valence-electron chi connectivity index (χ3n) is 4.01.